The minimum atomic E-state index is -0.978. The maximum atomic E-state index is 15.0. The van der Waals surface area contributed by atoms with Crippen LogP contribution in [0.2, 0.25) is 5.02 Å². The lowest BCUT2D eigenvalue weighted by Gasteiger charge is -2.40. The maximum Gasteiger partial charge on any atom is 0.310 e. The average Bonchev–Trinajstić information content (AvgIpc) is 3.60. The molecule has 5 rings (SSSR count). The first-order valence-electron chi connectivity index (χ1n) is 15.0. The van der Waals surface area contributed by atoms with Gasteiger partial charge in [-0.25, -0.2) is 0 Å². The molecule has 3 aliphatic rings. The molecule has 3 heterocycles. The molecule has 0 aromatic heterocycles. The molecular formula is C34H38BrClN2O5S. The van der Waals surface area contributed by atoms with Gasteiger partial charge in [0.15, 0.2) is 0 Å². The van der Waals surface area contributed by atoms with Crippen LogP contribution in [0.4, 0.5) is 5.69 Å². The Bertz CT molecular complexity index is 1410. The third-order valence-electron chi connectivity index (χ3n) is 9.01. The zero-order valence-corrected chi connectivity index (χ0v) is 27.9. The number of aliphatic hydroxyl groups excluding tert-OH is 1. The number of carbonyl (C=O) groups is 3. The number of carbonyl (C=O) groups excluding carboxylic acids is 3. The van der Waals surface area contributed by atoms with Gasteiger partial charge in [0.05, 0.1) is 46.5 Å². The lowest BCUT2D eigenvalue weighted by Crippen LogP contribution is -2.56. The second-order valence-electron chi connectivity index (χ2n) is 11.6. The summed E-state index contributed by atoms with van der Waals surface area (Å²) in [6.45, 7) is 9.56. The monoisotopic (exact) mass is 700 g/mol. The molecule has 7 nitrogen and oxygen atoms in total. The quantitative estimate of drug-likeness (QED) is 0.115. The minimum absolute atomic E-state index is 0.107. The van der Waals surface area contributed by atoms with E-state index in [2.05, 4.69) is 29.1 Å². The van der Waals surface area contributed by atoms with Gasteiger partial charge in [-0.3, -0.25) is 14.4 Å². The van der Waals surface area contributed by atoms with Gasteiger partial charge in [0.25, 0.3) is 5.91 Å². The molecular weight excluding hydrogens is 664 g/mol. The number of hydrogen-bond donors (Lipinski definition) is 1. The fourth-order valence-electron chi connectivity index (χ4n) is 7.17. The van der Waals surface area contributed by atoms with E-state index in [1.54, 1.807) is 21.9 Å². The molecule has 1 spiro atoms. The van der Waals surface area contributed by atoms with Crippen LogP contribution < -0.4 is 4.90 Å². The lowest BCUT2D eigenvalue weighted by molar-refractivity contribution is -0.154. The van der Waals surface area contributed by atoms with Crippen LogP contribution in [0.5, 0.6) is 0 Å². The number of allylic oxidation sites excluding steroid dienone is 1. The fraction of sp³-hybridized carbons (Fsp3) is 0.441. The van der Waals surface area contributed by atoms with Crippen molar-refractivity contribution in [1.29, 1.82) is 0 Å². The molecule has 3 unspecified atom stereocenters. The molecule has 2 bridgehead atoms. The summed E-state index contributed by atoms with van der Waals surface area (Å²) < 4.78 is 4.84. The van der Waals surface area contributed by atoms with Crippen molar-refractivity contribution in [2.24, 2.45) is 11.8 Å². The summed E-state index contributed by atoms with van der Waals surface area (Å²) in [6.07, 6.45) is 6.36. The van der Waals surface area contributed by atoms with Crippen molar-refractivity contribution >= 4 is 62.8 Å². The molecule has 2 aromatic carbocycles. The van der Waals surface area contributed by atoms with Crippen LogP contribution in [0.15, 0.2) is 73.8 Å². The van der Waals surface area contributed by atoms with Gasteiger partial charge >= 0.3 is 5.97 Å². The number of aryl methyl sites for hydroxylation is 1. The second-order valence-corrected chi connectivity index (χ2v) is 14.7. The van der Waals surface area contributed by atoms with E-state index >= 15 is 4.79 Å². The third-order valence-corrected chi connectivity index (χ3v) is 12.5. The summed E-state index contributed by atoms with van der Waals surface area (Å²) in [6, 6.07) is 12.9. The molecule has 7 atom stereocenters. The van der Waals surface area contributed by atoms with Crippen LogP contribution in [0, 0.1) is 18.8 Å². The highest BCUT2D eigenvalue weighted by Gasteiger charge is 2.77. The number of benzene rings is 2. The number of anilines is 1. The Kier molecular flexibility index (Phi) is 10.3. The number of para-hydroxylation sites is 1. The average molecular weight is 702 g/mol. The van der Waals surface area contributed by atoms with Crippen LogP contribution in [0.25, 0.3) is 0 Å². The molecule has 44 heavy (non-hydrogen) atoms. The van der Waals surface area contributed by atoms with E-state index in [9.17, 15) is 14.7 Å². The second kappa shape index (κ2) is 13.8. The molecule has 3 aliphatic heterocycles. The Morgan fingerprint density at radius 3 is 2.61 bits per heavy atom. The Morgan fingerprint density at radius 1 is 1.20 bits per heavy atom. The number of rotatable bonds is 13. The van der Waals surface area contributed by atoms with E-state index in [4.69, 9.17) is 16.3 Å². The Hall–Kier alpha value is -2.59. The summed E-state index contributed by atoms with van der Waals surface area (Å²) in [4.78, 5) is 46.5. The first-order chi connectivity index (χ1) is 21.2. The maximum absolute atomic E-state index is 15.0. The molecule has 2 aromatic rings. The number of esters is 1. The summed E-state index contributed by atoms with van der Waals surface area (Å²) in [5.74, 6) is -2.56. The number of amides is 2. The number of likely N-dealkylation sites (tertiary alicyclic amines) is 1. The highest BCUT2D eigenvalue weighted by atomic mass is 79.9. The number of alkyl halides is 1. The summed E-state index contributed by atoms with van der Waals surface area (Å²) in [5, 5.41) is 11.0. The van der Waals surface area contributed by atoms with E-state index < -0.39 is 34.6 Å². The van der Waals surface area contributed by atoms with Crippen LogP contribution >= 0.6 is 39.3 Å². The normalized spacial score (nSPS) is 27.6. The van der Waals surface area contributed by atoms with Gasteiger partial charge in [0.2, 0.25) is 5.91 Å². The van der Waals surface area contributed by atoms with Crippen LogP contribution in [-0.2, 0) is 19.1 Å². The number of unbranched alkanes of at least 4 members (excludes halogenated alkanes) is 2. The Morgan fingerprint density at radius 2 is 1.95 bits per heavy atom. The number of ether oxygens (including phenoxy) is 1. The first kappa shape index (κ1) is 32.8. The molecule has 0 aliphatic carbocycles. The molecule has 3 saturated heterocycles. The number of hydrogen-bond acceptors (Lipinski definition) is 6. The highest BCUT2D eigenvalue weighted by Crippen LogP contribution is 2.68. The number of fused-ring (bicyclic) bond motifs is 1. The van der Waals surface area contributed by atoms with Gasteiger partial charge in [-0.2, -0.15) is 0 Å². The Balaban J connectivity index is 1.60. The first-order valence-corrected chi connectivity index (χ1v) is 17.1. The standard InChI is InChI=1S/C34H38BrClN2O5S/c1-4-6-7-11-18-43-33(42)26-27-31(40)38(25(20-39)22-14-9-8-10-15-22)30(34(27)19-23(35)29(26)44-34)32(41)37(17-5-2)28-21(3)13-12-16-24(28)36/h4-5,8-10,12-16,23,25-27,29-30,39H,1-2,6-7,11,17-20H2,3H3/t23?,25-,26+,27+,29+,30?,34?/m1/s1. The number of nitrogens with zero attached hydrogens (tertiary/aromatic N) is 2. The zero-order chi connectivity index (χ0) is 31.6. The van der Waals surface area contributed by atoms with E-state index in [-0.39, 0.29) is 41.6 Å². The predicted molar refractivity (Wildman–Crippen MR) is 179 cm³/mol. The Labute approximate surface area is 276 Å². The summed E-state index contributed by atoms with van der Waals surface area (Å²) in [7, 11) is 0. The van der Waals surface area contributed by atoms with E-state index in [1.807, 2.05) is 55.5 Å². The summed E-state index contributed by atoms with van der Waals surface area (Å²) >= 11 is 12.0. The van der Waals surface area contributed by atoms with E-state index in [0.29, 0.717) is 29.1 Å². The fourth-order valence-corrected chi connectivity index (χ4v) is 11.1. The van der Waals surface area contributed by atoms with Crippen molar-refractivity contribution in [1.82, 2.24) is 4.90 Å². The number of thioether (sulfide) groups is 1. The van der Waals surface area contributed by atoms with Crippen molar-refractivity contribution in [2.75, 3.05) is 24.7 Å². The van der Waals surface area contributed by atoms with Crippen molar-refractivity contribution < 1.29 is 24.2 Å². The molecule has 10 heteroatoms. The largest absolute Gasteiger partial charge is 0.465 e. The van der Waals surface area contributed by atoms with Crippen molar-refractivity contribution in [2.45, 2.75) is 59.5 Å². The van der Waals surface area contributed by atoms with Crippen molar-refractivity contribution in [3.05, 3.63) is 90.0 Å². The van der Waals surface area contributed by atoms with Crippen LogP contribution in [0.3, 0.4) is 0 Å². The van der Waals surface area contributed by atoms with Gasteiger partial charge in [-0.15, -0.1) is 24.9 Å². The van der Waals surface area contributed by atoms with Crippen molar-refractivity contribution in [3.8, 4) is 0 Å². The topological polar surface area (TPSA) is 87.1 Å². The predicted octanol–water partition coefficient (Wildman–Crippen LogP) is 6.27. The van der Waals surface area contributed by atoms with Gasteiger partial charge in [-0.1, -0.05) is 82.1 Å². The van der Waals surface area contributed by atoms with Crippen molar-refractivity contribution in [3.63, 3.8) is 0 Å². The molecule has 234 valence electrons. The van der Waals surface area contributed by atoms with Gasteiger partial charge < -0.3 is 19.6 Å². The molecule has 1 N–H and O–H groups in total. The van der Waals surface area contributed by atoms with Gasteiger partial charge in [0.1, 0.15) is 6.04 Å². The number of aliphatic hydroxyl groups is 1. The highest BCUT2D eigenvalue weighted by molar-refractivity contribution is 9.09. The zero-order valence-electron chi connectivity index (χ0n) is 24.7. The lowest BCUT2D eigenvalue weighted by atomic mass is 9.71. The van der Waals surface area contributed by atoms with Crippen LogP contribution in [-0.4, -0.2) is 68.4 Å². The van der Waals surface area contributed by atoms with Gasteiger partial charge in [0, 0.05) is 16.6 Å². The molecule has 2 amide bonds. The molecule has 0 radical (unpaired) electrons. The van der Waals surface area contributed by atoms with Crippen LogP contribution in [0.1, 0.15) is 42.9 Å². The SMILES string of the molecule is C=CCCCCOC(=O)[C@H]1[C@H]2C(=O)N([C@H](CO)c3ccccc3)C(C(=O)N(CC=C)c3c(C)cccc3Cl)C23CC(Br)[C@@H]1S3. The minimum Gasteiger partial charge on any atom is -0.465 e. The molecule has 0 saturated carbocycles. The number of halogens is 2. The van der Waals surface area contributed by atoms with Gasteiger partial charge in [-0.05, 0) is 49.8 Å². The summed E-state index contributed by atoms with van der Waals surface area (Å²) in [5.41, 5.74) is 2.06. The molecule has 3 fully saturated rings. The van der Waals surface area contributed by atoms with E-state index in [1.165, 1.54) is 11.8 Å². The smallest absolute Gasteiger partial charge is 0.310 e. The third kappa shape index (κ3) is 5.65. The van der Waals surface area contributed by atoms with E-state index in [0.717, 1.165) is 18.4 Å².